The van der Waals surface area contributed by atoms with Gasteiger partial charge in [0.05, 0.1) is 16.7 Å². The van der Waals surface area contributed by atoms with Crippen LogP contribution in [-0.2, 0) is 10.0 Å². The van der Waals surface area contributed by atoms with Crippen molar-refractivity contribution in [1.29, 1.82) is 0 Å². The standard InChI is InChI=1S/C23H28N4O4S/c1-14-3-8-19(32(29,30)27-18-6-4-16(13-28)5-7-18)10-20(14)17-9-21(23(24)26-11-17)22-12-25-15(2)31-22/h3,8-12,16,18,27-28H,4-7,13H2,1-2H3,(H2,24,26). The highest BCUT2D eigenvalue weighted by atomic mass is 32.2. The molecule has 170 valence electrons. The molecule has 0 saturated heterocycles. The molecule has 0 radical (unpaired) electrons. The van der Waals surface area contributed by atoms with Crippen LogP contribution in [0.1, 0.15) is 37.1 Å². The number of sulfonamides is 1. The van der Waals surface area contributed by atoms with Gasteiger partial charge in [-0.1, -0.05) is 6.07 Å². The number of oxazole rings is 1. The number of hydrogen-bond acceptors (Lipinski definition) is 7. The van der Waals surface area contributed by atoms with Gasteiger partial charge in [0.15, 0.2) is 11.7 Å². The number of benzene rings is 1. The van der Waals surface area contributed by atoms with E-state index in [9.17, 15) is 13.5 Å². The second-order valence-electron chi connectivity index (χ2n) is 8.40. The average Bonchev–Trinajstić information content (AvgIpc) is 3.21. The van der Waals surface area contributed by atoms with E-state index in [2.05, 4.69) is 14.7 Å². The van der Waals surface area contributed by atoms with E-state index in [1.165, 1.54) is 0 Å². The molecule has 1 fully saturated rings. The molecule has 0 bridgehead atoms. The SMILES string of the molecule is Cc1ncc(-c2cc(-c3cc(S(=O)(=O)NC4CCC(CO)CC4)ccc3C)cnc2N)o1. The summed E-state index contributed by atoms with van der Waals surface area (Å²) in [6.07, 6.45) is 6.32. The number of nitrogens with two attached hydrogens (primary N) is 1. The van der Waals surface area contributed by atoms with Crippen LogP contribution < -0.4 is 10.5 Å². The minimum Gasteiger partial charge on any atom is -0.441 e. The minimum absolute atomic E-state index is 0.118. The van der Waals surface area contributed by atoms with E-state index in [1.54, 1.807) is 37.5 Å². The molecule has 0 unspecified atom stereocenters. The lowest BCUT2D eigenvalue weighted by Crippen LogP contribution is -2.38. The molecule has 0 amide bonds. The van der Waals surface area contributed by atoms with Gasteiger partial charge in [-0.3, -0.25) is 0 Å². The Morgan fingerprint density at radius 1 is 1.09 bits per heavy atom. The number of anilines is 1. The summed E-state index contributed by atoms with van der Waals surface area (Å²) in [6.45, 7) is 3.83. The first-order valence-electron chi connectivity index (χ1n) is 10.7. The molecule has 2 heterocycles. The number of aliphatic hydroxyl groups excluding tert-OH is 1. The van der Waals surface area contributed by atoms with Crippen molar-refractivity contribution in [1.82, 2.24) is 14.7 Å². The van der Waals surface area contributed by atoms with E-state index in [-0.39, 0.29) is 23.5 Å². The van der Waals surface area contributed by atoms with Crippen LogP contribution in [0.25, 0.3) is 22.5 Å². The monoisotopic (exact) mass is 456 g/mol. The van der Waals surface area contributed by atoms with Gasteiger partial charge in [0, 0.05) is 31.3 Å². The molecule has 4 N–H and O–H groups in total. The van der Waals surface area contributed by atoms with Gasteiger partial charge >= 0.3 is 0 Å². The Balaban J connectivity index is 1.63. The van der Waals surface area contributed by atoms with E-state index in [0.29, 0.717) is 23.0 Å². The van der Waals surface area contributed by atoms with E-state index in [0.717, 1.165) is 42.4 Å². The predicted octanol–water partition coefficient (Wildman–Crippen LogP) is 3.43. The largest absolute Gasteiger partial charge is 0.441 e. The number of rotatable bonds is 6. The van der Waals surface area contributed by atoms with Crippen molar-refractivity contribution in [2.24, 2.45) is 5.92 Å². The maximum Gasteiger partial charge on any atom is 0.240 e. The van der Waals surface area contributed by atoms with Crippen LogP contribution in [0.4, 0.5) is 5.82 Å². The second kappa shape index (κ2) is 9.01. The number of pyridine rings is 1. The van der Waals surface area contributed by atoms with Crippen molar-refractivity contribution < 1.29 is 17.9 Å². The van der Waals surface area contributed by atoms with Gasteiger partial charge in [0.25, 0.3) is 0 Å². The highest BCUT2D eigenvalue weighted by Crippen LogP contribution is 2.33. The average molecular weight is 457 g/mol. The van der Waals surface area contributed by atoms with Gasteiger partial charge in [0.2, 0.25) is 10.0 Å². The number of nitrogens with zero attached hydrogens (tertiary/aromatic N) is 2. The molecular formula is C23H28N4O4S. The van der Waals surface area contributed by atoms with Crippen molar-refractivity contribution >= 4 is 15.8 Å². The normalized spacial score (nSPS) is 19.2. The fourth-order valence-electron chi connectivity index (χ4n) is 4.14. The quantitative estimate of drug-likeness (QED) is 0.518. The molecule has 8 nitrogen and oxygen atoms in total. The van der Waals surface area contributed by atoms with Crippen molar-refractivity contribution in [3.05, 3.63) is 48.1 Å². The lowest BCUT2D eigenvalue weighted by Gasteiger charge is -2.27. The Morgan fingerprint density at radius 3 is 2.50 bits per heavy atom. The third kappa shape index (κ3) is 4.69. The summed E-state index contributed by atoms with van der Waals surface area (Å²) < 4.78 is 34.6. The topological polar surface area (TPSA) is 131 Å². The van der Waals surface area contributed by atoms with Crippen LogP contribution in [0.2, 0.25) is 0 Å². The van der Waals surface area contributed by atoms with E-state index in [4.69, 9.17) is 10.2 Å². The van der Waals surface area contributed by atoms with Gasteiger partial charge in [0.1, 0.15) is 5.82 Å². The molecule has 9 heteroatoms. The Morgan fingerprint density at radius 2 is 1.84 bits per heavy atom. The summed E-state index contributed by atoms with van der Waals surface area (Å²) in [5.74, 6) is 1.61. The number of aromatic nitrogens is 2. The van der Waals surface area contributed by atoms with Crippen LogP contribution >= 0.6 is 0 Å². The van der Waals surface area contributed by atoms with Crippen LogP contribution in [-0.4, -0.2) is 36.1 Å². The van der Waals surface area contributed by atoms with E-state index < -0.39 is 10.0 Å². The fraction of sp³-hybridized carbons (Fsp3) is 0.391. The summed E-state index contributed by atoms with van der Waals surface area (Å²) in [4.78, 5) is 8.61. The summed E-state index contributed by atoms with van der Waals surface area (Å²) in [5.41, 5.74) is 9.06. The van der Waals surface area contributed by atoms with Gasteiger partial charge in [-0.15, -0.1) is 0 Å². The molecule has 1 aromatic carbocycles. The maximum atomic E-state index is 13.1. The van der Waals surface area contributed by atoms with Crippen molar-refractivity contribution in [2.45, 2.75) is 50.5 Å². The second-order valence-corrected chi connectivity index (χ2v) is 10.1. The molecular weight excluding hydrogens is 428 g/mol. The summed E-state index contributed by atoms with van der Waals surface area (Å²) in [7, 11) is -3.68. The number of nitrogen functional groups attached to an aromatic ring is 1. The molecule has 1 saturated carbocycles. The zero-order chi connectivity index (χ0) is 22.9. The fourth-order valence-corrected chi connectivity index (χ4v) is 5.47. The molecule has 3 aromatic rings. The predicted molar refractivity (Wildman–Crippen MR) is 122 cm³/mol. The highest BCUT2D eigenvalue weighted by molar-refractivity contribution is 7.89. The molecule has 4 rings (SSSR count). The summed E-state index contributed by atoms with van der Waals surface area (Å²) in [5, 5.41) is 9.30. The Bertz CT molecular complexity index is 1210. The first kappa shape index (κ1) is 22.4. The molecule has 2 aromatic heterocycles. The molecule has 0 spiro atoms. The number of aliphatic hydroxyl groups is 1. The minimum atomic E-state index is -3.68. The van der Waals surface area contributed by atoms with Crippen molar-refractivity contribution in [3.63, 3.8) is 0 Å². The zero-order valence-electron chi connectivity index (χ0n) is 18.2. The third-order valence-corrected chi connectivity index (χ3v) is 7.58. The van der Waals surface area contributed by atoms with Gasteiger partial charge in [-0.2, -0.15) is 0 Å². The summed E-state index contributed by atoms with van der Waals surface area (Å²) in [6, 6.07) is 6.80. The van der Waals surface area contributed by atoms with Crippen molar-refractivity contribution in [2.75, 3.05) is 12.3 Å². The van der Waals surface area contributed by atoms with Crippen LogP contribution in [0.5, 0.6) is 0 Å². The molecule has 0 atom stereocenters. The first-order chi connectivity index (χ1) is 15.3. The Kier molecular flexibility index (Phi) is 6.32. The lowest BCUT2D eigenvalue weighted by atomic mass is 9.87. The molecule has 0 aliphatic heterocycles. The first-order valence-corrected chi connectivity index (χ1v) is 12.2. The van der Waals surface area contributed by atoms with Crippen molar-refractivity contribution in [3.8, 4) is 22.5 Å². The number of hydrogen-bond donors (Lipinski definition) is 3. The Hall–Kier alpha value is -2.75. The van der Waals surface area contributed by atoms with E-state index >= 15 is 0 Å². The van der Waals surface area contributed by atoms with Crippen LogP contribution in [0.3, 0.4) is 0 Å². The third-order valence-electron chi connectivity index (χ3n) is 6.06. The highest BCUT2D eigenvalue weighted by Gasteiger charge is 2.26. The summed E-state index contributed by atoms with van der Waals surface area (Å²) >= 11 is 0. The smallest absolute Gasteiger partial charge is 0.240 e. The number of nitrogens with one attached hydrogen (secondary N) is 1. The zero-order valence-corrected chi connectivity index (χ0v) is 19.0. The lowest BCUT2D eigenvalue weighted by molar-refractivity contribution is 0.180. The molecule has 1 aliphatic carbocycles. The number of aryl methyl sites for hydroxylation is 2. The maximum absolute atomic E-state index is 13.1. The van der Waals surface area contributed by atoms with Gasteiger partial charge < -0.3 is 15.3 Å². The Labute approximate surface area is 188 Å². The van der Waals surface area contributed by atoms with E-state index in [1.807, 2.05) is 13.0 Å². The molecule has 32 heavy (non-hydrogen) atoms. The van der Waals surface area contributed by atoms with Crippen LogP contribution in [0, 0.1) is 19.8 Å². The van der Waals surface area contributed by atoms with Crippen LogP contribution in [0.15, 0.2) is 46.0 Å². The van der Waals surface area contributed by atoms with Gasteiger partial charge in [-0.05, 0) is 67.9 Å². The van der Waals surface area contributed by atoms with Gasteiger partial charge in [-0.25, -0.2) is 23.1 Å². The molecule has 1 aliphatic rings.